The van der Waals surface area contributed by atoms with Crippen LogP contribution in [0.5, 0.6) is 0 Å². The lowest BCUT2D eigenvalue weighted by molar-refractivity contribution is -0.00310. The van der Waals surface area contributed by atoms with E-state index in [1.54, 1.807) is 48.6 Å². The van der Waals surface area contributed by atoms with Crippen LogP contribution in [-0.4, -0.2) is 22.2 Å². The van der Waals surface area contributed by atoms with Gasteiger partial charge in [0.15, 0.2) is 0 Å². The number of amides is 4. The van der Waals surface area contributed by atoms with Crippen LogP contribution in [0.4, 0.5) is 9.59 Å². The van der Waals surface area contributed by atoms with Gasteiger partial charge in [-0.2, -0.15) is 0 Å². The van der Waals surface area contributed by atoms with E-state index in [4.69, 9.17) is 21.1 Å². The fraction of sp³-hybridized carbons (Fsp3) is 0. The summed E-state index contributed by atoms with van der Waals surface area (Å²) in [5, 5.41) is 1.90. The van der Waals surface area contributed by atoms with Crippen LogP contribution in [0.2, 0.25) is 0 Å². The van der Waals surface area contributed by atoms with Crippen molar-refractivity contribution in [1.82, 2.24) is 10.1 Å². The van der Waals surface area contributed by atoms with E-state index in [0.717, 1.165) is 10.1 Å². The Bertz CT molecular complexity index is 743. The highest BCUT2D eigenvalue weighted by Crippen LogP contribution is 2.32. The van der Waals surface area contributed by atoms with Gasteiger partial charge in [0, 0.05) is 11.1 Å². The van der Waals surface area contributed by atoms with Crippen LogP contribution in [0.15, 0.2) is 61.1 Å². The Balaban J connectivity index is 2.12. The van der Waals surface area contributed by atoms with E-state index in [-0.39, 0.29) is 0 Å². The third kappa shape index (κ3) is 2.68. The zero-order valence-electron chi connectivity index (χ0n) is 12.5. The van der Waals surface area contributed by atoms with E-state index in [0.29, 0.717) is 22.5 Å². The smallest absolute Gasteiger partial charge is 0.352 e. The molecule has 0 spiro atoms. The van der Waals surface area contributed by atoms with Crippen molar-refractivity contribution in [2.24, 2.45) is 11.5 Å². The highest BCUT2D eigenvalue weighted by molar-refractivity contribution is 5.91. The molecule has 1 aromatic rings. The maximum Gasteiger partial charge on any atom is 0.352 e. The van der Waals surface area contributed by atoms with E-state index >= 15 is 0 Å². The summed E-state index contributed by atoms with van der Waals surface area (Å²) in [6, 6.07) is 5.54. The van der Waals surface area contributed by atoms with E-state index in [1.807, 2.05) is 0 Å². The Hall–Kier alpha value is -3.68. The molecule has 8 nitrogen and oxygen atoms in total. The van der Waals surface area contributed by atoms with Gasteiger partial charge in [-0.3, -0.25) is 0 Å². The van der Waals surface area contributed by atoms with Gasteiger partial charge in [-0.05, 0) is 24.3 Å². The number of hydrogen-bond acceptors (Lipinski definition) is 4. The SMILES string of the molecule is NC(=O)N1OC=CC=C1c1ccccc1C1=CC=CON1C(N)=O. The van der Waals surface area contributed by atoms with E-state index in [2.05, 4.69) is 0 Å². The highest BCUT2D eigenvalue weighted by Gasteiger charge is 2.27. The molecule has 0 radical (unpaired) electrons. The largest absolute Gasteiger partial charge is 0.378 e. The molecule has 3 rings (SSSR count). The van der Waals surface area contributed by atoms with Gasteiger partial charge in [-0.1, -0.05) is 24.3 Å². The summed E-state index contributed by atoms with van der Waals surface area (Å²) >= 11 is 0. The van der Waals surface area contributed by atoms with Crippen molar-refractivity contribution in [2.45, 2.75) is 0 Å². The Morgan fingerprint density at radius 3 is 1.58 bits per heavy atom. The number of rotatable bonds is 2. The molecule has 1 aromatic carbocycles. The number of carbonyl (C=O) groups is 2. The van der Waals surface area contributed by atoms with Gasteiger partial charge in [-0.15, -0.1) is 10.1 Å². The van der Waals surface area contributed by atoms with E-state index in [9.17, 15) is 9.59 Å². The van der Waals surface area contributed by atoms with Crippen molar-refractivity contribution in [3.63, 3.8) is 0 Å². The van der Waals surface area contributed by atoms with Crippen molar-refractivity contribution in [3.05, 3.63) is 72.2 Å². The summed E-state index contributed by atoms with van der Waals surface area (Å²) < 4.78 is 0. The number of benzene rings is 1. The van der Waals surface area contributed by atoms with Gasteiger partial charge in [-0.25, -0.2) is 9.59 Å². The van der Waals surface area contributed by atoms with Gasteiger partial charge in [0.05, 0.1) is 11.4 Å². The number of hydroxylamine groups is 4. The topological polar surface area (TPSA) is 111 Å². The van der Waals surface area contributed by atoms with Crippen LogP contribution in [-0.2, 0) is 9.68 Å². The van der Waals surface area contributed by atoms with Gasteiger partial charge < -0.3 is 21.1 Å². The first-order valence-electron chi connectivity index (χ1n) is 6.95. The van der Waals surface area contributed by atoms with Crippen molar-refractivity contribution < 1.29 is 19.3 Å². The number of hydrogen-bond donors (Lipinski definition) is 2. The van der Waals surface area contributed by atoms with Crippen molar-refractivity contribution in [1.29, 1.82) is 0 Å². The summed E-state index contributed by atoms with van der Waals surface area (Å²) in [6.07, 6.45) is 9.26. The lowest BCUT2D eigenvalue weighted by Crippen LogP contribution is -2.36. The molecule has 0 unspecified atom stereocenters. The molecule has 0 fully saturated rings. The number of nitrogens with zero attached hydrogens (tertiary/aromatic N) is 2. The minimum absolute atomic E-state index is 0.417. The van der Waals surface area contributed by atoms with Crippen molar-refractivity contribution in [3.8, 4) is 0 Å². The Morgan fingerprint density at radius 1 is 0.792 bits per heavy atom. The minimum Gasteiger partial charge on any atom is -0.378 e. The Morgan fingerprint density at radius 2 is 1.21 bits per heavy atom. The number of allylic oxidation sites excluding steroid dienone is 4. The molecular weight excluding hydrogens is 312 g/mol. The van der Waals surface area contributed by atoms with Gasteiger partial charge in [0.1, 0.15) is 12.5 Å². The molecule has 0 atom stereocenters. The summed E-state index contributed by atoms with van der Waals surface area (Å²) in [6.45, 7) is 0. The van der Waals surface area contributed by atoms with E-state index < -0.39 is 12.1 Å². The number of urea groups is 2. The second-order valence-corrected chi connectivity index (χ2v) is 4.78. The maximum atomic E-state index is 11.6. The Kier molecular flexibility index (Phi) is 3.94. The van der Waals surface area contributed by atoms with Crippen LogP contribution < -0.4 is 11.5 Å². The molecule has 24 heavy (non-hydrogen) atoms. The zero-order chi connectivity index (χ0) is 17.1. The first-order chi connectivity index (χ1) is 11.6. The quantitative estimate of drug-likeness (QED) is 0.866. The summed E-state index contributed by atoms with van der Waals surface area (Å²) in [5.74, 6) is 0. The molecule has 0 saturated heterocycles. The predicted octanol–water partition coefficient (Wildman–Crippen LogP) is 2.05. The predicted molar refractivity (Wildman–Crippen MR) is 85.7 cm³/mol. The fourth-order valence-corrected chi connectivity index (χ4v) is 2.37. The van der Waals surface area contributed by atoms with Crippen molar-refractivity contribution >= 4 is 23.5 Å². The molecule has 122 valence electrons. The second-order valence-electron chi connectivity index (χ2n) is 4.78. The fourth-order valence-electron chi connectivity index (χ4n) is 2.37. The average Bonchev–Trinajstić information content (AvgIpc) is 2.61. The molecule has 2 aliphatic rings. The third-order valence-electron chi connectivity index (χ3n) is 3.31. The van der Waals surface area contributed by atoms with Crippen LogP contribution >= 0.6 is 0 Å². The Labute approximate surface area is 137 Å². The monoisotopic (exact) mass is 326 g/mol. The molecule has 0 aromatic heterocycles. The van der Waals surface area contributed by atoms with E-state index in [1.165, 1.54) is 12.5 Å². The molecule has 0 aliphatic carbocycles. The third-order valence-corrected chi connectivity index (χ3v) is 3.31. The normalized spacial score (nSPS) is 16.0. The van der Waals surface area contributed by atoms with Crippen LogP contribution in [0.3, 0.4) is 0 Å². The van der Waals surface area contributed by atoms with Crippen LogP contribution in [0, 0.1) is 0 Å². The zero-order valence-corrected chi connectivity index (χ0v) is 12.5. The summed E-state index contributed by atoms with van der Waals surface area (Å²) in [5.41, 5.74) is 12.8. The summed E-state index contributed by atoms with van der Waals surface area (Å²) in [4.78, 5) is 33.5. The van der Waals surface area contributed by atoms with Gasteiger partial charge in [0.25, 0.3) is 0 Å². The maximum absolute atomic E-state index is 11.6. The molecule has 8 heteroatoms. The molecule has 2 aliphatic heterocycles. The molecular formula is C16H14N4O4. The van der Waals surface area contributed by atoms with Crippen molar-refractivity contribution in [2.75, 3.05) is 0 Å². The standard InChI is InChI=1S/C16H14N4O4/c17-15(21)19-13(7-3-9-23-19)11-5-1-2-6-12(11)14-8-4-10-24-20(14)16(18)22/h1-10H,(H2,17,21)(H2,18,22). The molecule has 2 heterocycles. The average molecular weight is 326 g/mol. The molecule has 0 saturated carbocycles. The highest BCUT2D eigenvalue weighted by atomic mass is 16.7. The number of primary amides is 2. The lowest BCUT2D eigenvalue weighted by Gasteiger charge is -2.28. The molecule has 4 amide bonds. The van der Waals surface area contributed by atoms with Gasteiger partial charge >= 0.3 is 12.1 Å². The molecule has 4 N–H and O–H groups in total. The number of carbonyl (C=O) groups excluding carboxylic acids is 2. The first-order valence-corrected chi connectivity index (χ1v) is 6.95. The van der Waals surface area contributed by atoms with Crippen LogP contribution in [0.25, 0.3) is 11.4 Å². The van der Waals surface area contributed by atoms with Gasteiger partial charge in [0.2, 0.25) is 0 Å². The lowest BCUT2D eigenvalue weighted by atomic mass is 10.00. The van der Waals surface area contributed by atoms with Crippen LogP contribution in [0.1, 0.15) is 11.1 Å². The summed E-state index contributed by atoms with van der Waals surface area (Å²) in [7, 11) is 0. The number of nitrogens with two attached hydrogens (primary N) is 2. The second kappa shape index (κ2) is 6.21. The molecule has 0 bridgehead atoms. The minimum atomic E-state index is -0.777. The first kappa shape index (κ1) is 15.2.